The number of carbonyl (C=O) groups is 1. The lowest BCUT2D eigenvalue weighted by Crippen LogP contribution is -2.39. The lowest BCUT2D eigenvalue weighted by atomic mass is 10.2. The van der Waals surface area contributed by atoms with Crippen molar-refractivity contribution in [2.75, 3.05) is 20.6 Å². The third-order valence-corrected chi connectivity index (χ3v) is 5.11. The van der Waals surface area contributed by atoms with Crippen molar-refractivity contribution in [3.05, 3.63) is 17.9 Å². The Kier molecular flexibility index (Phi) is 4.17. The molecule has 2 N–H and O–H groups in total. The van der Waals surface area contributed by atoms with Crippen LogP contribution in [0.5, 0.6) is 0 Å². The van der Waals surface area contributed by atoms with Gasteiger partial charge in [0.15, 0.2) is 0 Å². The first-order chi connectivity index (χ1) is 9.32. The van der Waals surface area contributed by atoms with Gasteiger partial charge in [0, 0.05) is 14.1 Å². The summed E-state index contributed by atoms with van der Waals surface area (Å²) in [5.41, 5.74) is 5.34. The molecule has 1 aromatic rings. The van der Waals surface area contributed by atoms with Crippen molar-refractivity contribution in [2.45, 2.75) is 30.5 Å². The van der Waals surface area contributed by atoms with Gasteiger partial charge in [0.25, 0.3) is 10.0 Å². The van der Waals surface area contributed by atoms with Crippen molar-refractivity contribution in [2.24, 2.45) is 5.73 Å². The summed E-state index contributed by atoms with van der Waals surface area (Å²) in [4.78, 5) is 13.2. The first kappa shape index (κ1) is 15.0. The van der Waals surface area contributed by atoms with Crippen LogP contribution in [0, 0.1) is 0 Å². The van der Waals surface area contributed by atoms with Gasteiger partial charge in [0.05, 0.1) is 12.6 Å². The van der Waals surface area contributed by atoms with E-state index >= 15 is 0 Å². The summed E-state index contributed by atoms with van der Waals surface area (Å²) >= 11 is 0. The average molecular weight is 301 g/mol. The van der Waals surface area contributed by atoms with E-state index in [4.69, 9.17) is 10.2 Å². The number of hydrogen-bond donors (Lipinski definition) is 1. The van der Waals surface area contributed by atoms with Crippen molar-refractivity contribution in [1.29, 1.82) is 0 Å². The van der Waals surface area contributed by atoms with E-state index in [0.717, 1.165) is 23.7 Å². The maximum atomic E-state index is 11.9. The van der Waals surface area contributed by atoms with Gasteiger partial charge < -0.3 is 10.2 Å². The van der Waals surface area contributed by atoms with Crippen LogP contribution >= 0.6 is 0 Å². The molecule has 20 heavy (non-hydrogen) atoms. The topological polar surface area (TPSA) is 96.9 Å². The fourth-order valence-corrected chi connectivity index (χ4v) is 3.11. The Labute approximate surface area is 118 Å². The molecule has 1 aliphatic heterocycles. The van der Waals surface area contributed by atoms with Crippen LogP contribution in [0.3, 0.4) is 0 Å². The highest BCUT2D eigenvalue weighted by molar-refractivity contribution is 7.88. The van der Waals surface area contributed by atoms with Crippen molar-refractivity contribution in [1.82, 2.24) is 9.21 Å². The number of nitrogens with zero attached hydrogens (tertiary/aromatic N) is 2. The molecule has 0 aromatic carbocycles. The first-order valence-electron chi connectivity index (χ1n) is 6.37. The van der Waals surface area contributed by atoms with Gasteiger partial charge in [0.1, 0.15) is 5.76 Å². The van der Waals surface area contributed by atoms with E-state index in [-0.39, 0.29) is 17.0 Å². The molecule has 0 saturated carbocycles. The quantitative estimate of drug-likeness (QED) is 0.824. The first-order valence-corrected chi connectivity index (χ1v) is 7.81. The third-order valence-electron chi connectivity index (χ3n) is 3.42. The van der Waals surface area contributed by atoms with Crippen LogP contribution in [0.25, 0.3) is 0 Å². The van der Waals surface area contributed by atoms with Crippen LogP contribution in [-0.2, 0) is 21.4 Å². The van der Waals surface area contributed by atoms with Gasteiger partial charge in [-0.05, 0) is 31.5 Å². The summed E-state index contributed by atoms with van der Waals surface area (Å²) in [6, 6.07) is 2.75. The molecule has 1 aromatic heterocycles. The number of nitrogens with two attached hydrogens (primary N) is 1. The predicted molar refractivity (Wildman–Crippen MR) is 72.2 cm³/mol. The van der Waals surface area contributed by atoms with Crippen LogP contribution in [-0.4, -0.2) is 50.2 Å². The minimum Gasteiger partial charge on any atom is -0.447 e. The molecule has 1 unspecified atom stereocenters. The molecule has 1 fully saturated rings. The maximum absolute atomic E-state index is 11.9. The number of amides is 1. The van der Waals surface area contributed by atoms with Gasteiger partial charge in [-0.15, -0.1) is 0 Å². The molecule has 2 heterocycles. The standard InChI is InChI=1S/C12H19N3O4S/c1-14(2)20(17,18)11-6-5-9(19-11)8-15-7-3-4-10(15)12(13)16/h5-6,10H,3-4,7-8H2,1-2H3,(H2,13,16). The maximum Gasteiger partial charge on any atom is 0.275 e. The Morgan fingerprint density at radius 3 is 2.80 bits per heavy atom. The van der Waals surface area contributed by atoms with Gasteiger partial charge in [0.2, 0.25) is 11.0 Å². The summed E-state index contributed by atoms with van der Waals surface area (Å²) in [6.07, 6.45) is 1.63. The molecule has 1 amide bonds. The molecule has 1 aliphatic rings. The van der Waals surface area contributed by atoms with Crippen molar-refractivity contribution < 1.29 is 17.6 Å². The van der Waals surface area contributed by atoms with Gasteiger partial charge in [-0.25, -0.2) is 12.7 Å². The second-order valence-corrected chi connectivity index (χ2v) is 7.12. The number of rotatable bonds is 5. The van der Waals surface area contributed by atoms with Crippen LogP contribution in [0.1, 0.15) is 18.6 Å². The van der Waals surface area contributed by atoms with E-state index in [1.54, 1.807) is 6.07 Å². The molecule has 1 atom stereocenters. The van der Waals surface area contributed by atoms with Crippen molar-refractivity contribution in [3.8, 4) is 0 Å². The molecule has 0 bridgehead atoms. The van der Waals surface area contributed by atoms with E-state index in [0.29, 0.717) is 12.3 Å². The van der Waals surface area contributed by atoms with Gasteiger partial charge >= 0.3 is 0 Å². The summed E-state index contributed by atoms with van der Waals surface area (Å²) in [5.74, 6) is 0.161. The zero-order chi connectivity index (χ0) is 14.9. The van der Waals surface area contributed by atoms with Crippen LogP contribution < -0.4 is 5.73 Å². The van der Waals surface area contributed by atoms with E-state index in [9.17, 15) is 13.2 Å². The van der Waals surface area contributed by atoms with E-state index < -0.39 is 10.0 Å². The summed E-state index contributed by atoms with van der Waals surface area (Å²) in [7, 11) is -0.672. The molecule has 0 radical (unpaired) electrons. The van der Waals surface area contributed by atoms with E-state index in [2.05, 4.69) is 0 Å². The minimum absolute atomic E-state index is 0.0904. The molecule has 2 rings (SSSR count). The minimum atomic E-state index is -3.56. The number of hydrogen-bond acceptors (Lipinski definition) is 5. The molecule has 112 valence electrons. The molecule has 8 heteroatoms. The Morgan fingerprint density at radius 1 is 1.50 bits per heavy atom. The average Bonchev–Trinajstić information content (AvgIpc) is 2.98. The highest BCUT2D eigenvalue weighted by atomic mass is 32.2. The van der Waals surface area contributed by atoms with Crippen LogP contribution in [0.4, 0.5) is 0 Å². The van der Waals surface area contributed by atoms with Gasteiger partial charge in [-0.2, -0.15) is 0 Å². The fraction of sp³-hybridized carbons (Fsp3) is 0.583. The third kappa shape index (κ3) is 2.87. The molecule has 7 nitrogen and oxygen atoms in total. The van der Waals surface area contributed by atoms with Gasteiger partial charge in [-0.1, -0.05) is 0 Å². The van der Waals surface area contributed by atoms with Gasteiger partial charge in [-0.3, -0.25) is 9.69 Å². The lowest BCUT2D eigenvalue weighted by Gasteiger charge is -2.20. The largest absolute Gasteiger partial charge is 0.447 e. The monoisotopic (exact) mass is 301 g/mol. The highest BCUT2D eigenvalue weighted by Gasteiger charge is 2.30. The number of sulfonamides is 1. The van der Waals surface area contributed by atoms with Crippen molar-refractivity contribution in [3.63, 3.8) is 0 Å². The molecule has 1 saturated heterocycles. The smallest absolute Gasteiger partial charge is 0.275 e. The fourth-order valence-electron chi connectivity index (χ4n) is 2.30. The molecular weight excluding hydrogens is 282 g/mol. The van der Waals surface area contributed by atoms with Crippen LogP contribution in [0.15, 0.2) is 21.6 Å². The van der Waals surface area contributed by atoms with Crippen molar-refractivity contribution >= 4 is 15.9 Å². The van der Waals surface area contributed by atoms with E-state index in [1.165, 1.54) is 20.2 Å². The molecular formula is C12H19N3O4S. The Bertz CT molecular complexity index is 594. The number of furan rings is 1. The zero-order valence-corrected chi connectivity index (χ0v) is 12.4. The lowest BCUT2D eigenvalue weighted by molar-refractivity contribution is -0.122. The normalized spacial score (nSPS) is 20.6. The molecule has 0 aliphatic carbocycles. The Balaban J connectivity index is 2.13. The Hall–Kier alpha value is -1.38. The summed E-state index contributed by atoms with van der Waals surface area (Å²) in [5, 5.41) is -0.0904. The number of likely N-dealkylation sites (tertiary alicyclic amines) is 1. The number of carbonyl (C=O) groups excluding carboxylic acids is 1. The molecule has 0 spiro atoms. The Morgan fingerprint density at radius 2 is 2.20 bits per heavy atom. The summed E-state index contributed by atoms with van der Waals surface area (Å²) < 4.78 is 30.3. The second-order valence-electron chi connectivity index (χ2n) is 5.04. The second kappa shape index (κ2) is 5.55. The SMILES string of the molecule is CN(C)S(=O)(=O)c1ccc(CN2CCCC2C(N)=O)o1. The van der Waals surface area contributed by atoms with E-state index in [1.807, 2.05) is 4.90 Å². The number of primary amides is 1. The van der Waals surface area contributed by atoms with Crippen LogP contribution in [0.2, 0.25) is 0 Å². The summed E-state index contributed by atoms with van der Waals surface area (Å²) in [6.45, 7) is 1.14. The predicted octanol–water partition coefficient (Wildman–Crippen LogP) is -0.0204. The highest BCUT2D eigenvalue weighted by Crippen LogP contribution is 2.22. The zero-order valence-electron chi connectivity index (χ0n) is 11.6.